The largest absolute Gasteiger partial charge is 0.316 e. The molecular weight excluding hydrogens is 234 g/mol. The van der Waals surface area contributed by atoms with Crippen molar-refractivity contribution in [1.29, 1.82) is 0 Å². The zero-order valence-corrected chi connectivity index (χ0v) is 12.6. The molecular formula is C16H31N3. The minimum Gasteiger partial charge on any atom is -0.316 e. The molecule has 3 unspecified atom stereocenters. The van der Waals surface area contributed by atoms with Crippen molar-refractivity contribution in [2.75, 3.05) is 39.3 Å². The normalized spacial score (nSPS) is 36.8. The Morgan fingerprint density at radius 3 is 2.68 bits per heavy atom. The number of rotatable bonds is 5. The Hall–Kier alpha value is -0.120. The van der Waals surface area contributed by atoms with Gasteiger partial charge in [0, 0.05) is 25.2 Å². The molecule has 0 aliphatic carbocycles. The molecule has 3 atom stereocenters. The summed E-state index contributed by atoms with van der Waals surface area (Å²) in [6.45, 7) is 10.1. The lowest BCUT2D eigenvalue weighted by atomic mass is 9.98. The molecule has 0 amide bonds. The fourth-order valence-electron chi connectivity index (χ4n) is 4.46. The van der Waals surface area contributed by atoms with Crippen LogP contribution in [-0.2, 0) is 0 Å². The van der Waals surface area contributed by atoms with Crippen LogP contribution < -0.4 is 5.32 Å². The van der Waals surface area contributed by atoms with Gasteiger partial charge in [0.05, 0.1) is 0 Å². The quantitative estimate of drug-likeness (QED) is 0.766. The predicted octanol–water partition coefficient (Wildman–Crippen LogP) is 1.93. The topological polar surface area (TPSA) is 18.5 Å². The number of fused-ring (bicyclic) bond motifs is 1. The van der Waals surface area contributed by atoms with Crippen LogP contribution in [0.1, 0.15) is 45.4 Å². The number of hydrogen-bond acceptors (Lipinski definition) is 3. The maximum atomic E-state index is 3.61. The zero-order valence-electron chi connectivity index (χ0n) is 12.6. The van der Waals surface area contributed by atoms with Gasteiger partial charge < -0.3 is 5.32 Å². The van der Waals surface area contributed by atoms with E-state index in [1.807, 2.05) is 0 Å². The first-order chi connectivity index (χ1) is 9.38. The second-order valence-electron chi connectivity index (χ2n) is 6.81. The van der Waals surface area contributed by atoms with E-state index in [0.29, 0.717) is 0 Å². The van der Waals surface area contributed by atoms with Crippen molar-refractivity contribution in [3.05, 3.63) is 0 Å². The summed E-state index contributed by atoms with van der Waals surface area (Å²) in [7, 11) is 0. The molecule has 1 N–H and O–H groups in total. The highest BCUT2D eigenvalue weighted by molar-refractivity contribution is 4.97. The third-order valence-corrected chi connectivity index (χ3v) is 5.47. The molecule has 0 aromatic carbocycles. The van der Waals surface area contributed by atoms with Crippen LogP contribution in [0.25, 0.3) is 0 Å². The van der Waals surface area contributed by atoms with E-state index < -0.39 is 0 Å². The smallest absolute Gasteiger partial charge is 0.0263 e. The van der Waals surface area contributed by atoms with Crippen molar-refractivity contribution in [3.8, 4) is 0 Å². The lowest BCUT2D eigenvalue weighted by Gasteiger charge is -2.36. The SMILES string of the molecule is CCCNCC1CCN(C2CCN3CCCCC23)C1. The Morgan fingerprint density at radius 1 is 0.947 bits per heavy atom. The molecule has 110 valence electrons. The van der Waals surface area contributed by atoms with Crippen LogP contribution in [0.4, 0.5) is 0 Å². The van der Waals surface area contributed by atoms with E-state index >= 15 is 0 Å². The van der Waals surface area contributed by atoms with Crippen LogP contribution in [0.2, 0.25) is 0 Å². The number of piperidine rings is 1. The molecule has 19 heavy (non-hydrogen) atoms. The summed E-state index contributed by atoms with van der Waals surface area (Å²) in [4.78, 5) is 5.60. The van der Waals surface area contributed by atoms with Crippen molar-refractivity contribution in [3.63, 3.8) is 0 Å². The Balaban J connectivity index is 1.48. The molecule has 3 aliphatic heterocycles. The van der Waals surface area contributed by atoms with E-state index in [1.165, 1.54) is 77.8 Å². The van der Waals surface area contributed by atoms with Crippen LogP contribution in [0, 0.1) is 5.92 Å². The Kier molecular flexibility index (Phi) is 4.78. The van der Waals surface area contributed by atoms with Crippen molar-refractivity contribution in [2.24, 2.45) is 5.92 Å². The monoisotopic (exact) mass is 265 g/mol. The highest BCUT2D eigenvalue weighted by atomic mass is 15.3. The first-order valence-electron chi connectivity index (χ1n) is 8.57. The summed E-state index contributed by atoms with van der Waals surface area (Å²) in [6.07, 6.45) is 8.47. The number of nitrogens with one attached hydrogen (secondary N) is 1. The van der Waals surface area contributed by atoms with Gasteiger partial charge in [-0.2, -0.15) is 0 Å². The van der Waals surface area contributed by atoms with Gasteiger partial charge in [-0.3, -0.25) is 9.80 Å². The summed E-state index contributed by atoms with van der Waals surface area (Å²) in [6, 6.07) is 1.78. The van der Waals surface area contributed by atoms with E-state index in [9.17, 15) is 0 Å². The second kappa shape index (κ2) is 6.55. The highest BCUT2D eigenvalue weighted by Gasteiger charge is 2.40. The lowest BCUT2D eigenvalue weighted by molar-refractivity contribution is 0.128. The summed E-state index contributed by atoms with van der Waals surface area (Å²) < 4.78 is 0. The fourth-order valence-corrected chi connectivity index (χ4v) is 4.46. The summed E-state index contributed by atoms with van der Waals surface area (Å²) in [5.41, 5.74) is 0. The van der Waals surface area contributed by atoms with Gasteiger partial charge in [-0.25, -0.2) is 0 Å². The lowest BCUT2D eigenvalue weighted by Crippen LogP contribution is -2.46. The van der Waals surface area contributed by atoms with Crippen LogP contribution >= 0.6 is 0 Å². The van der Waals surface area contributed by atoms with Crippen LogP contribution in [0.5, 0.6) is 0 Å². The third kappa shape index (κ3) is 3.14. The average molecular weight is 265 g/mol. The van der Waals surface area contributed by atoms with E-state index in [4.69, 9.17) is 0 Å². The van der Waals surface area contributed by atoms with E-state index in [-0.39, 0.29) is 0 Å². The summed E-state index contributed by atoms with van der Waals surface area (Å²) in [5.74, 6) is 0.907. The van der Waals surface area contributed by atoms with E-state index in [1.54, 1.807) is 0 Å². The Bertz CT molecular complexity index is 281. The minimum absolute atomic E-state index is 0.886. The molecule has 0 radical (unpaired) electrons. The van der Waals surface area contributed by atoms with Gasteiger partial charge >= 0.3 is 0 Å². The van der Waals surface area contributed by atoms with Gasteiger partial charge in [0.15, 0.2) is 0 Å². The van der Waals surface area contributed by atoms with Gasteiger partial charge in [0.2, 0.25) is 0 Å². The maximum absolute atomic E-state index is 3.61. The van der Waals surface area contributed by atoms with Crippen LogP contribution in [0.15, 0.2) is 0 Å². The molecule has 0 aromatic heterocycles. The third-order valence-electron chi connectivity index (χ3n) is 5.47. The zero-order chi connectivity index (χ0) is 13.1. The van der Waals surface area contributed by atoms with E-state index in [2.05, 4.69) is 22.0 Å². The van der Waals surface area contributed by atoms with Crippen LogP contribution in [0.3, 0.4) is 0 Å². The molecule has 3 fully saturated rings. The molecule has 3 nitrogen and oxygen atoms in total. The van der Waals surface area contributed by atoms with Crippen molar-refractivity contribution < 1.29 is 0 Å². The Morgan fingerprint density at radius 2 is 1.79 bits per heavy atom. The summed E-state index contributed by atoms with van der Waals surface area (Å²) in [5, 5.41) is 3.61. The molecule has 0 saturated carbocycles. The summed E-state index contributed by atoms with van der Waals surface area (Å²) >= 11 is 0. The molecule has 3 rings (SSSR count). The van der Waals surface area contributed by atoms with Crippen LogP contribution in [-0.4, -0.2) is 61.2 Å². The van der Waals surface area contributed by atoms with Gasteiger partial charge in [-0.15, -0.1) is 0 Å². The molecule has 3 aliphatic rings. The first kappa shape index (κ1) is 13.8. The predicted molar refractivity (Wildman–Crippen MR) is 80.5 cm³/mol. The standard InChI is InChI=1S/C16H31N3/c1-2-8-17-12-14-6-10-19(13-14)16-7-11-18-9-4-3-5-15(16)18/h14-17H,2-13H2,1H3. The molecule has 0 bridgehead atoms. The second-order valence-corrected chi connectivity index (χ2v) is 6.81. The highest BCUT2D eigenvalue weighted by Crippen LogP contribution is 2.33. The van der Waals surface area contributed by atoms with Gasteiger partial charge in [0.25, 0.3) is 0 Å². The number of likely N-dealkylation sites (tertiary alicyclic amines) is 1. The van der Waals surface area contributed by atoms with Gasteiger partial charge in [0.1, 0.15) is 0 Å². The number of nitrogens with zero attached hydrogens (tertiary/aromatic N) is 2. The minimum atomic E-state index is 0.886. The van der Waals surface area contributed by atoms with E-state index in [0.717, 1.165) is 18.0 Å². The molecule has 0 spiro atoms. The number of hydrogen-bond donors (Lipinski definition) is 1. The molecule has 3 heteroatoms. The Labute approximate surface area is 118 Å². The average Bonchev–Trinajstić information content (AvgIpc) is 3.05. The van der Waals surface area contributed by atoms with Crippen molar-refractivity contribution >= 4 is 0 Å². The maximum Gasteiger partial charge on any atom is 0.0263 e. The molecule has 3 heterocycles. The van der Waals surface area contributed by atoms with Crippen molar-refractivity contribution in [1.82, 2.24) is 15.1 Å². The van der Waals surface area contributed by atoms with Crippen molar-refractivity contribution in [2.45, 2.75) is 57.5 Å². The first-order valence-corrected chi connectivity index (χ1v) is 8.57. The molecule has 3 saturated heterocycles. The van der Waals surface area contributed by atoms with Gasteiger partial charge in [-0.1, -0.05) is 13.3 Å². The fraction of sp³-hybridized carbons (Fsp3) is 1.00. The van der Waals surface area contributed by atoms with Gasteiger partial charge in [-0.05, 0) is 64.2 Å². The molecule has 0 aromatic rings.